The minimum Gasteiger partial charge on any atom is -0.370 e. The fourth-order valence-electron chi connectivity index (χ4n) is 2.90. The average Bonchev–Trinajstić information content (AvgIpc) is 2.85. The number of benzene rings is 1. The van der Waals surface area contributed by atoms with Crippen LogP contribution in [-0.4, -0.2) is 15.5 Å². The Kier molecular flexibility index (Phi) is 4.34. The van der Waals surface area contributed by atoms with E-state index >= 15 is 0 Å². The fraction of sp³-hybridized carbons (Fsp3) is 0.278. The molecule has 0 aliphatic heterocycles. The highest BCUT2D eigenvalue weighted by atomic mass is 32.1. The maximum Gasteiger partial charge on any atom is 0.329 e. The van der Waals surface area contributed by atoms with Crippen LogP contribution in [-0.2, 0) is 11.3 Å². The summed E-state index contributed by atoms with van der Waals surface area (Å²) >= 11 is 1.38. The number of hydrogen-bond acceptors (Lipinski definition) is 4. The molecule has 1 amide bonds. The van der Waals surface area contributed by atoms with Gasteiger partial charge in [0.2, 0.25) is 5.91 Å². The molecule has 0 spiro atoms. The SMILES string of the molecule is Cc1ccc(-c2c(C)sc3[nH]c(=O)n(CCC(N)=O)c(=O)c23)cc1C. The fourth-order valence-corrected chi connectivity index (χ4v) is 3.96. The van der Waals surface area contributed by atoms with Crippen molar-refractivity contribution in [2.24, 2.45) is 5.73 Å². The first-order valence-corrected chi connectivity index (χ1v) is 8.73. The second kappa shape index (κ2) is 6.33. The smallest absolute Gasteiger partial charge is 0.329 e. The Hall–Kier alpha value is -2.67. The summed E-state index contributed by atoms with van der Waals surface area (Å²) in [6, 6.07) is 6.04. The van der Waals surface area contributed by atoms with E-state index in [0.717, 1.165) is 26.1 Å². The van der Waals surface area contributed by atoms with Gasteiger partial charge in [0.1, 0.15) is 4.83 Å². The number of primary amides is 1. The number of nitrogens with two attached hydrogens (primary N) is 1. The Morgan fingerprint density at radius 1 is 1.20 bits per heavy atom. The third kappa shape index (κ3) is 3.02. The van der Waals surface area contributed by atoms with E-state index in [2.05, 4.69) is 4.98 Å². The molecule has 25 heavy (non-hydrogen) atoms. The molecule has 0 atom stereocenters. The van der Waals surface area contributed by atoms with Crippen molar-refractivity contribution < 1.29 is 4.79 Å². The van der Waals surface area contributed by atoms with Gasteiger partial charge in [0, 0.05) is 23.4 Å². The van der Waals surface area contributed by atoms with Crippen LogP contribution in [0.5, 0.6) is 0 Å². The third-order valence-electron chi connectivity index (χ3n) is 4.39. The van der Waals surface area contributed by atoms with Crippen LogP contribution in [0.25, 0.3) is 21.3 Å². The molecule has 0 saturated heterocycles. The van der Waals surface area contributed by atoms with Gasteiger partial charge >= 0.3 is 5.69 Å². The zero-order chi connectivity index (χ0) is 18.3. The molecule has 0 aliphatic carbocycles. The van der Waals surface area contributed by atoms with E-state index in [1.54, 1.807) is 0 Å². The quantitative estimate of drug-likeness (QED) is 0.749. The van der Waals surface area contributed by atoms with Crippen LogP contribution in [0.2, 0.25) is 0 Å². The summed E-state index contributed by atoms with van der Waals surface area (Å²) in [6.07, 6.45) is -0.0589. The van der Waals surface area contributed by atoms with E-state index in [9.17, 15) is 14.4 Å². The van der Waals surface area contributed by atoms with Gasteiger partial charge in [0.25, 0.3) is 5.56 Å². The number of aromatic nitrogens is 2. The number of nitrogens with zero attached hydrogens (tertiary/aromatic N) is 1. The molecule has 2 heterocycles. The number of carbonyl (C=O) groups excluding carboxylic acids is 1. The number of rotatable bonds is 4. The van der Waals surface area contributed by atoms with E-state index in [0.29, 0.717) is 10.2 Å². The maximum atomic E-state index is 12.9. The van der Waals surface area contributed by atoms with Crippen LogP contribution >= 0.6 is 11.3 Å². The van der Waals surface area contributed by atoms with Crippen molar-refractivity contribution in [2.45, 2.75) is 33.7 Å². The monoisotopic (exact) mass is 357 g/mol. The van der Waals surface area contributed by atoms with E-state index in [1.165, 1.54) is 16.9 Å². The van der Waals surface area contributed by atoms with E-state index in [-0.39, 0.29) is 13.0 Å². The first kappa shape index (κ1) is 17.2. The molecule has 6 nitrogen and oxygen atoms in total. The Balaban J connectivity index is 2.29. The summed E-state index contributed by atoms with van der Waals surface area (Å²) in [4.78, 5) is 40.4. The van der Waals surface area contributed by atoms with Gasteiger partial charge in [-0.05, 0) is 37.5 Å². The van der Waals surface area contributed by atoms with Crippen LogP contribution in [0.15, 0.2) is 27.8 Å². The van der Waals surface area contributed by atoms with Gasteiger partial charge < -0.3 is 5.73 Å². The second-order valence-corrected chi connectivity index (χ2v) is 7.36. The highest BCUT2D eigenvalue weighted by Gasteiger charge is 2.18. The van der Waals surface area contributed by atoms with Gasteiger partial charge in [0.05, 0.1) is 5.39 Å². The van der Waals surface area contributed by atoms with E-state index in [4.69, 9.17) is 5.73 Å². The predicted molar refractivity (Wildman–Crippen MR) is 100 cm³/mol. The number of nitrogens with one attached hydrogen (secondary N) is 1. The summed E-state index contributed by atoms with van der Waals surface area (Å²) in [5.41, 5.74) is 8.31. The van der Waals surface area contributed by atoms with Crippen molar-refractivity contribution in [3.8, 4) is 11.1 Å². The minimum atomic E-state index is -0.553. The number of amides is 1. The summed E-state index contributed by atoms with van der Waals surface area (Å²) in [5, 5.41) is 0.481. The van der Waals surface area contributed by atoms with Gasteiger partial charge in [0.15, 0.2) is 0 Å². The van der Waals surface area contributed by atoms with Crippen LogP contribution < -0.4 is 17.0 Å². The average molecular weight is 357 g/mol. The number of thiophene rings is 1. The summed E-state index contributed by atoms with van der Waals surface area (Å²) in [5.74, 6) is -0.553. The lowest BCUT2D eigenvalue weighted by atomic mass is 9.99. The van der Waals surface area contributed by atoms with E-state index in [1.807, 2.05) is 39.0 Å². The Bertz CT molecular complexity index is 1110. The molecule has 0 unspecified atom stereocenters. The number of fused-ring (bicyclic) bond motifs is 1. The topological polar surface area (TPSA) is 97.9 Å². The molecular weight excluding hydrogens is 338 g/mol. The Morgan fingerprint density at radius 2 is 1.92 bits per heavy atom. The normalized spacial score (nSPS) is 11.2. The lowest BCUT2D eigenvalue weighted by Gasteiger charge is -2.07. The number of hydrogen-bond donors (Lipinski definition) is 2. The highest BCUT2D eigenvalue weighted by molar-refractivity contribution is 7.19. The molecule has 0 saturated carbocycles. The first-order chi connectivity index (χ1) is 11.8. The van der Waals surface area contributed by atoms with Crippen molar-refractivity contribution >= 4 is 27.5 Å². The highest BCUT2D eigenvalue weighted by Crippen LogP contribution is 2.35. The summed E-state index contributed by atoms with van der Waals surface area (Å²) in [7, 11) is 0. The van der Waals surface area contributed by atoms with Crippen molar-refractivity contribution in [2.75, 3.05) is 0 Å². The van der Waals surface area contributed by atoms with Crippen LogP contribution in [0.3, 0.4) is 0 Å². The molecule has 0 fully saturated rings. The standard InChI is InChI=1S/C18H19N3O3S/c1-9-4-5-12(8-10(9)2)14-11(3)25-16-15(14)17(23)21(18(24)20-16)7-6-13(19)22/h4-5,8H,6-7H2,1-3H3,(H2,19,22)(H,20,24). The van der Waals surface area contributed by atoms with Crippen molar-refractivity contribution in [1.82, 2.24) is 9.55 Å². The van der Waals surface area contributed by atoms with Gasteiger partial charge in [-0.25, -0.2) is 4.79 Å². The lowest BCUT2D eigenvalue weighted by Crippen LogP contribution is -2.36. The Morgan fingerprint density at radius 3 is 2.56 bits per heavy atom. The number of aromatic amines is 1. The maximum absolute atomic E-state index is 12.9. The number of carbonyl (C=O) groups is 1. The molecule has 1 aromatic carbocycles. The molecule has 7 heteroatoms. The molecule has 3 aromatic rings. The lowest BCUT2D eigenvalue weighted by molar-refractivity contribution is -0.118. The van der Waals surface area contributed by atoms with Gasteiger partial charge in [-0.3, -0.25) is 19.1 Å². The van der Waals surface area contributed by atoms with Crippen LogP contribution in [0.4, 0.5) is 0 Å². The molecule has 0 aliphatic rings. The molecule has 3 rings (SSSR count). The third-order valence-corrected chi connectivity index (χ3v) is 5.41. The van der Waals surface area contributed by atoms with Gasteiger partial charge in [-0.15, -0.1) is 11.3 Å². The predicted octanol–water partition coefficient (Wildman–Crippen LogP) is 2.22. The Labute approximate surface area is 147 Å². The molecule has 2 aromatic heterocycles. The van der Waals surface area contributed by atoms with Crippen molar-refractivity contribution in [3.05, 3.63) is 55.0 Å². The summed E-state index contributed by atoms with van der Waals surface area (Å²) in [6.45, 7) is 5.96. The summed E-state index contributed by atoms with van der Waals surface area (Å²) < 4.78 is 1.05. The van der Waals surface area contributed by atoms with Gasteiger partial charge in [-0.1, -0.05) is 18.2 Å². The zero-order valence-electron chi connectivity index (χ0n) is 14.3. The minimum absolute atomic E-state index is 0.0271. The molecule has 3 N–H and O–H groups in total. The molecule has 130 valence electrons. The zero-order valence-corrected chi connectivity index (χ0v) is 15.1. The van der Waals surface area contributed by atoms with Crippen LogP contribution in [0, 0.1) is 20.8 Å². The van der Waals surface area contributed by atoms with Gasteiger partial charge in [-0.2, -0.15) is 0 Å². The van der Waals surface area contributed by atoms with Crippen LogP contribution in [0.1, 0.15) is 22.4 Å². The van der Waals surface area contributed by atoms with Crippen molar-refractivity contribution in [3.63, 3.8) is 0 Å². The number of H-pyrrole nitrogens is 1. The van der Waals surface area contributed by atoms with E-state index < -0.39 is 17.2 Å². The second-order valence-electron chi connectivity index (χ2n) is 6.14. The first-order valence-electron chi connectivity index (χ1n) is 7.91. The van der Waals surface area contributed by atoms with Crippen molar-refractivity contribution in [1.29, 1.82) is 0 Å². The molecule has 0 radical (unpaired) electrons. The molecule has 0 bridgehead atoms. The largest absolute Gasteiger partial charge is 0.370 e. The number of aryl methyl sites for hydroxylation is 3. The molecular formula is C18H19N3O3S.